The molecule has 1 aliphatic heterocycles. The summed E-state index contributed by atoms with van der Waals surface area (Å²) in [5.41, 5.74) is 1.81. The van der Waals surface area contributed by atoms with Crippen LogP contribution in [0.4, 0.5) is 11.4 Å². The van der Waals surface area contributed by atoms with Crippen LogP contribution in [-0.2, 0) is 9.59 Å². The van der Waals surface area contributed by atoms with Gasteiger partial charge in [-0.1, -0.05) is 0 Å². The average molecular weight is 274 g/mol. The fraction of sp³-hybridized carbons (Fsp3) is 0.333. The Kier molecular flexibility index (Phi) is 4.76. The zero-order valence-electron chi connectivity index (χ0n) is 11.2. The predicted octanol–water partition coefficient (Wildman–Crippen LogP) is 2.26. The van der Waals surface area contributed by atoms with Crippen LogP contribution in [0.1, 0.15) is 19.3 Å². The van der Waals surface area contributed by atoms with E-state index < -0.39 is 11.9 Å². The number of nitrogens with zero attached hydrogens (tertiary/aromatic N) is 1. The highest BCUT2D eigenvalue weighted by molar-refractivity contribution is 6.02. The van der Waals surface area contributed by atoms with Crippen molar-refractivity contribution in [2.45, 2.75) is 19.3 Å². The number of carboxylic acid groups (broad SMARTS) is 1. The normalized spacial score (nSPS) is 15.3. The van der Waals surface area contributed by atoms with Crippen LogP contribution in [-0.4, -0.2) is 30.1 Å². The second-order valence-corrected chi connectivity index (χ2v) is 4.76. The number of aliphatic carboxylic acids is 1. The molecule has 1 aliphatic rings. The van der Waals surface area contributed by atoms with Gasteiger partial charge in [0.25, 0.3) is 0 Å². The van der Waals surface area contributed by atoms with Crippen molar-refractivity contribution in [1.29, 1.82) is 0 Å². The Hall–Kier alpha value is -2.30. The quantitative estimate of drug-likeness (QED) is 0.826. The van der Waals surface area contributed by atoms with Crippen molar-refractivity contribution in [1.82, 2.24) is 0 Å². The third-order valence-corrected chi connectivity index (χ3v) is 3.23. The highest BCUT2D eigenvalue weighted by Gasteiger charge is 2.10. The van der Waals surface area contributed by atoms with Gasteiger partial charge in [-0.3, -0.25) is 4.79 Å². The van der Waals surface area contributed by atoms with Crippen molar-refractivity contribution >= 4 is 23.3 Å². The van der Waals surface area contributed by atoms with Crippen molar-refractivity contribution in [3.05, 3.63) is 36.4 Å². The molecule has 2 N–H and O–H groups in total. The molecule has 1 aromatic carbocycles. The van der Waals surface area contributed by atoms with Crippen LogP contribution < -0.4 is 10.2 Å². The van der Waals surface area contributed by atoms with Crippen LogP contribution in [0.3, 0.4) is 0 Å². The smallest absolute Gasteiger partial charge is 0.328 e. The fourth-order valence-corrected chi connectivity index (χ4v) is 2.24. The fourth-order valence-electron chi connectivity index (χ4n) is 2.24. The highest BCUT2D eigenvalue weighted by atomic mass is 16.4. The Morgan fingerprint density at radius 1 is 1.05 bits per heavy atom. The van der Waals surface area contributed by atoms with Crippen LogP contribution in [0.25, 0.3) is 0 Å². The molecule has 1 amide bonds. The maximum atomic E-state index is 11.4. The maximum absolute atomic E-state index is 11.4. The van der Waals surface area contributed by atoms with Crippen LogP contribution in [0.2, 0.25) is 0 Å². The topological polar surface area (TPSA) is 69.6 Å². The molecule has 0 aromatic heterocycles. The largest absolute Gasteiger partial charge is 0.478 e. The van der Waals surface area contributed by atoms with Crippen molar-refractivity contribution in [3.8, 4) is 0 Å². The zero-order chi connectivity index (χ0) is 14.4. The van der Waals surface area contributed by atoms with Crippen molar-refractivity contribution in [3.63, 3.8) is 0 Å². The number of nitrogens with one attached hydrogen (secondary N) is 1. The monoisotopic (exact) mass is 274 g/mol. The van der Waals surface area contributed by atoms with Gasteiger partial charge in [0.1, 0.15) is 0 Å². The van der Waals surface area contributed by atoms with Gasteiger partial charge in [0, 0.05) is 36.6 Å². The first-order valence-electron chi connectivity index (χ1n) is 6.72. The molecular formula is C15H18N2O3. The summed E-state index contributed by atoms with van der Waals surface area (Å²) in [5, 5.41) is 11.1. The molecule has 1 heterocycles. The summed E-state index contributed by atoms with van der Waals surface area (Å²) in [6.07, 6.45) is 5.55. The van der Waals surface area contributed by atoms with E-state index in [0.717, 1.165) is 30.9 Å². The molecule has 0 saturated carbocycles. The number of hydrogen-bond donors (Lipinski definition) is 2. The van der Waals surface area contributed by atoms with Crippen LogP contribution in [0.15, 0.2) is 36.4 Å². The summed E-state index contributed by atoms with van der Waals surface area (Å²) in [5.74, 6) is -1.58. The van der Waals surface area contributed by atoms with Crippen molar-refractivity contribution in [2.75, 3.05) is 23.3 Å². The second-order valence-electron chi connectivity index (χ2n) is 4.76. The molecule has 1 saturated heterocycles. The Bertz CT molecular complexity index is 502. The van der Waals surface area contributed by atoms with E-state index in [1.807, 2.05) is 24.3 Å². The lowest BCUT2D eigenvalue weighted by Gasteiger charge is -2.28. The van der Waals surface area contributed by atoms with Crippen molar-refractivity contribution < 1.29 is 14.7 Å². The van der Waals surface area contributed by atoms with E-state index in [4.69, 9.17) is 5.11 Å². The number of carbonyl (C=O) groups excluding carboxylic acids is 1. The first kappa shape index (κ1) is 14.1. The Morgan fingerprint density at radius 3 is 2.30 bits per heavy atom. The SMILES string of the molecule is O=C(O)C=CC(=O)Nc1ccc(N2CCCCC2)cc1. The number of benzene rings is 1. The summed E-state index contributed by atoms with van der Waals surface area (Å²) in [6.45, 7) is 2.15. The summed E-state index contributed by atoms with van der Waals surface area (Å²) in [7, 11) is 0. The van der Waals surface area contributed by atoms with Gasteiger partial charge in [0.15, 0.2) is 0 Å². The van der Waals surface area contributed by atoms with E-state index >= 15 is 0 Å². The molecule has 1 fully saturated rings. The lowest BCUT2D eigenvalue weighted by Crippen LogP contribution is -2.29. The number of piperidine rings is 1. The Morgan fingerprint density at radius 2 is 1.70 bits per heavy atom. The Labute approximate surface area is 117 Å². The molecule has 0 spiro atoms. The number of carboxylic acids is 1. The molecule has 0 bridgehead atoms. The first-order chi connectivity index (χ1) is 9.65. The lowest BCUT2D eigenvalue weighted by atomic mass is 10.1. The van der Waals surface area contributed by atoms with E-state index in [0.29, 0.717) is 5.69 Å². The van der Waals surface area contributed by atoms with Gasteiger partial charge in [-0.05, 0) is 43.5 Å². The molecule has 106 valence electrons. The van der Waals surface area contributed by atoms with Gasteiger partial charge in [0.05, 0.1) is 0 Å². The minimum absolute atomic E-state index is 0.446. The van der Waals surface area contributed by atoms with Gasteiger partial charge < -0.3 is 15.3 Å². The summed E-state index contributed by atoms with van der Waals surface area (Å²) < 4.78 is 0. The van der Waals surface area contributed by atoms with Gasteiger partial charge >= 0.3 is 5.97 Å². The minimum atomic E-state index is -1.14. The van der Waals surface area contributed by atoms with Gasteiger partial charge in [-0.25, -0.2) is 4.79 Å². The van der Waals surface area contributed by atoms with Crippen LogP contribution >= 0.6 is 0 Å². The second kappa shape index (κ2) is 6.75. The van der Waals surface area contributed by atoms with Gasteiger partial charge in [-0.15, -0.1) is 0 Å². The van der Waals surface area contributed by atoms with Crippen LogP contribution in [0, 0.1) is 0 Å². The summed E-state index contributed by atoms with van der Waals surface area (Å²) in [6, 6.07) is 7.61. The average Bonchev–Trinajstić information content (AvgIpc) is 2.47. The standard InChI is InChI=1S/C15H18N2O3/c18-14(8-9-15(19)20)16-12-4-6-13(7-5-12)17-10-2-1-3-11-17/h4-9H,1-3,10-11H2,(H,16,18)(H,19,20). The molecule has 5 nitrogen and oxygen atoms in total. The molecule has 20 heavy (non-hydrogen) atoms. The van der Waals surface area contributed by atoms with Gasteiger partial charge in [0.2, 0.25) is 5.91 Å². The molecule has 0 radical (unpaired) electrons. The molecule has 2 rings (SSSR count). The molecule has 1 aromatic rings. The number of rotatable bonds is 4. The molecule has 0 aliphatic carbocycles. The summed E-state index contributed by atoms with van der Waals surface area (Å²) >= 11 is 0. The predicted molar refractivity (Wildman–Crippen MR) is 77.9 cm³/mol. The first-order valence-corrected chi connectivity index (χ1v) is 6.72. The van der Waals surface area contributed by atoms with Crippen molar-refractivity contribution in [2.24, 2.45) is 0 Å². The maximum Gasteiger partial charge on any atom is 0.328 e. The molecule has 5 heteroatoms. The van der Waals surface area contributed by atoms with Gasteiger partial charge in [-0.2, -0.15) is 0 Å². The third kappa shape index (κ3) is 4.12. The molecule has 0 atom stereocenters. The number of anilines is 2. The minimum Gasteiger partial charge on any atom is -0.478 e. The lowest BCUT2D eigenvalue weighted by molar-refractivity contribution is -0.131. The number of carbonyl (C=O) groups is 2. The summed E-state index contributed by atoms with van der Waals surface area (Å²) in [4.78, 5) is 24.1. The zero-order valence-corrected chi connectivity index (χ0v) is 11.2. The van der Waals surface area contributed by atoms with E-state index in [1.165, 1.54) is 19.3 Å². The third-order valence-electron chi connectivity index (χ3n) is 3.23. The Balaban J connectivity index is 1.94. The van der Waals surface area contributed by atoms with Crippen LogP contribution in [0.5, 0.6) is 0 Å². The van der Waals surface area contributed by atoms with E-state index in [1.54, 1.807) is 0 Å². The van der Waals surface area contributed by atoms with E-state index in [9.17, 15) is 9.59 Å². The molecule has 0 unspecified atom stereocenters. The number of hydrogen-bond acceptors (Lipinski definition) is 3. The molecular weight excluding hydrogens is 256 g/mol. The number of amides is 1. The van der Waals surface area contributed by atoms with E-state index in [-0.39, 0.29) is 0 Å². The van der Waals surface area contributed by atoms with E-state index in [2.05, 4.69) is 10.2 Å². The highest BCUT2D eigenvalue weighted by Crippen LogP contribution is 2.21.